The summed E-state index contributed by atoms with van der Waals surface area (Å²) in [6.07, 6.45) is 4.66. The van der Waals surface area contributed by atoms with E-state index in [4.69, 9.17) is 14.2 Å². The maximum Gasteiger partial charge on any atom is 0.0911 e. The Labute approximate surface area is 93.1 Å². The molecule has 0 saturated carbocycles. The lowest BCUT2D eigenvalue weighted by Gasteiger charge is -2.37. The Kier molecular flexibility index (Phi) is 5.58. The molecule has 0 amide bonds. The predicted octanol–water partition coefficient (Wildman–Crippen LogP) is 2.39. The molecule has 1 aliphatic rings. The zero-order valence-corrected chi connectivity index (χ0v) is 10.3. The Bertz CT molecular complexity index is 168. The standard InChI is InChI=1S/C12H24O3/c1-4-5-7-14-11-6-8-15-12(2,9-11)10-13-3/h11H,4-10H2,1-3H3/t11-,12+/m1/s1. The Hall–Kier alpha value is -0.120. The van der Waals surface area contributed by atoms with E-state index in [0.29, 0.717) is 12.7 Å². The van der Waals surface area contributed by atoms with Crippen molar-refractivity contribution in [2.75, 3.05) is 26.9 Å². The van der Waals surface area contributed by atoms with Crippen LogP contribution in [0.3, 0.4) is 0 Å². The van der Waals surface area contributed by atoms with Gasteiger partial charge in [-0.2, -0.15) is 0 Å². The molecule has 1 fully saturated rings. The van der Waals surface area contributed by atoms with Crippen LogP contribution in [-0.4, -0.2) is 38.6 Å². The molecule has 1 aliphatic heterocycles. The Morgan fingerprint density at radius 1 is 1.47 bits per heavy atom. The zero-order chi connectivity index (χ0) is 11.1. The highest BCUT2D eigenvalue weighted by molar-refractivity contribution is 4.83. The molecule has 0 aromatic rings. The number of hydrogen-bond acceptors (Lipinski definition) is 3. The first kappa shape index (κ1) is 12.9. The molecule has 0 unspecified atom stereocenters. The van der Waals surface area contributed by atoms with Crippen LogP contribution in [0.5, 0.6) is 0 Å². The van der Waals surface area contributed by atoms with Crippen LogP contribution in [0.2, 0.25) is 0 Å². The monoisotopic (exact) mass is 216 g/mol. The SMILES string of the molecule is CCCCO[C@@H]1CCO[C@](C)(COC)C1. The lowest BCUT2D eigenvalue weighted by atomic mass is 9.94. The first-order chi connectivity index (χ1) is 7.20. The number of methoxy groups -OCH3 is 1. The fourth-order valence-corrected chi connectivity index (χ4v) is 2.02. The van der Waals surface area contributed by atoms with Gasteiger partial charge in [0.25, 0.3) is 0 Å². The molecule has 0 spiro atoms. The maximum absolute atomic E-state index is 5.83. The van der Waals surface area contributed by atoms with E-state index >= 15 is 0 Å². The second-order valence-electron chi connectivity index (χ2n) is 4.57. The van der Waals surface area contributed by atoms with Gasteiger partial charge in [-0.05, 0) is 19.8 Å². The average molecular weight is 216 g/mol. The van der Waals surface area contributed by atoms with Gasteiger partial charge < -0.3 is 14.2 Å². The van der Waals surface area contributed by atoms with Crippen LogP contribution in [0.25, 0.3) is 0 Å². The molecule has 3 heteroatoms. The van der Waals surface area contributed by atoms with Crippen molar-refractivity contribution in [3.8, 4) is 0 Å². The molecule has 1 saturated heterocycles. The highest BCUT2D eigenvalue weighted by Gasteiger charge is 2.33. The van der Waals surface area contributed by atoms with Crippen LogP contribution >= 0.6 is 0 Å². The fourth-order valence-electron chi connectivity index (χ4n) is 2.02. The van der Waals surface area contributed by atoms with E-state index in [1.165, 1.54) is 6.42 Å². The van der Waals surface area contributed by atoms with Gasteiger partial charge >= 0.3 is 0 Å². The molecule has 0 aromatic carbocycles. The topological polar surface area (TPSA) is 27.7 Å². The van der Waals surface area contributed by atoms with Crippen molar-refractivity contribution in [3.63, 3.8) is 0 Å². The highest BCUT2D eigenvalue weighted by atomic mass is 16.5. The predicted molar refractivity (Wildman–Crippen MR) is 60.1 cm³/mol. The van der Waals surface area contributed by atoms with Crippen LogP contribution < -0.4 is 0 Å². The summed E-state index contributed by atoms with van der Waals surface area (Å²) in [5, 5.41) is 0. The minimum absolute atomic E-state index is 0.149. The van der Waals surface area contributed by atoms with Crippen LogP contribution in [0.15, 0.2) is 0 Å². The van der Waals surface area contributed by atoms with Gasteiger partial charge in [0.1, 0.15) is 0 Å². The summed E-state index contributed by atoms with van der Waals surface area (Å²) in [7, 11) is 1.72. The summed E-state index contributed by atoms with van der Waals surface area (Å²) in [5.41, 5.74) is -0.149. The lowest BCUT2D eigenvalue weighted by molar-refractivity contribution is -0.148. The number of ether oxygens (including phenoxy) is 3. The molecule has 15 heavy (non-hydrogen) atoms. The molecule has 0 radical (unpaired) electrons. The molecular weight excluding hydrogens is 192 g/mol. The van der Waals surface area contributed by atoms with E-state index < -0.39 is 0 Å². The normalized spacial score (nSPS) is 31.8. The minimum Gasteiger partial charge on any atom is -0.382 e. The third kappa shape index (κ3) is 4.49. The van der Waals surface area contributed by atoms with Gasteiger partial charge in [-0.1, -0.05) is 13.3 Å². The molecule has 1 rings (SSSR count). The van der Waals surface area contributed by atoms with E-state index in [1.807, 2.05) is 0 Å². The van der Waals surface area contributed by atoms with Crippen molar-refractivity contribution in [2.24, 2.45) is 0 Å². The average Bonchev–Trinajstić information content (AvgIpc) is 2.18. The van der Waals surface area contributed by atoms with E-state index in [2.05, 4.69) is 13.8 Å². The van der Waals surface area contributed by atoms with Gasteiger partial charge in [0.2, 0.25) is 0 Å². The molecular formula is C12H24O3. The zero-order valence-electron chi connectivity index (χ0n) is 10.3. The number of hydrogen-bond donors (Lipinski definition) is 0. The van der Waals surface area contributed by atoms with Crippen molar-refractivity contribution in [3.05, 3.63) is 0 Å². The second-order valence-corrected chi connectivity index (χ2v) is 4.57. The van der Waals surface area contributed by atoms with Crippen LogP contribution in [0.1, 0.15) is 39.5 Å². The van der Waals surface area contributed by atoms with Crippen LogP contribution in [0.4, 0.5) is 0 Å². The van der Waals surface area contributed by atoms with Gasteiger partial charge in [0.15, 0.2) is 0 Å². The fraction of sp³-hybridized carbons (Fsp3) is 1.00. The Morgan fingerprint density at radius 2 is 2.27 bits per heavy atom. The van der Waals surface area contributed by atoms with Crippen molar-refractivity contribution in [1.82, 2.24) is 0 Å². The molecule has 3 nitrogen and oxygen atoms in total. The van der Waals surface area contributed by atoms with Gasteiger partial charge in [-0.25, -0.2) is 0 Å². The smallest absolute Gasteiger partial charge is 0.0911 e. The lowest BCUT2D eigenvalue weighted by Crippen LogP contribution is -2.43. The third-order valence-corrected chi connectivity index (χ3v) is 2.85. The molecule has 90 valence electrons. The second kappa shape index (κ2) is 6.46. The van der Waals surface area contributed by atoms with Gasteiger partial charge in [-0.15, -0.1) is 0 Å². The maximum atomic E-state index is 5.83. The molecule has 1 heterocycles. The van der Waals surface area contributed by atoms with E-state index in [1.54, 1.807) is 7.11 Å². The first-order valence-electron chi connectivity index (χ1n) is 5.94. The summed E-state index contributed by atoms with van der Waals surface area (Å²) < 4.78 is 16.7. The number of rotatable bonds is 6. The van der Waals surface area contributed by atoms with E-state index in [0.717, 1.165) is 32.5 Å². The van der Waals surface area contributed by atoms with Crippen LogP contribution in [-0.2, 0) is 14.2 Å². The third-order valence-electron chi connectivity index (χ3n) is 2.85. The molecule has 0 N–H and O–H groups in total. The largest absolute Gasteiger partial charge is 0.382 e. The molecule has 2 atom stereocenters. The number of unbranched alkanes of at least 4 members (excludes halogenated alkanes) is 1. The quantitative estimate of drug-likeness (QED) is 0.638. The minimum atomic E-state index is -0.149. The van der Waals surface area contributed by atoms with Gasteiger partial charge in [0.05, 0.1) is 18.3 Å². The van der Waals surface area contributed by atoms with E-state index in [9.17, 15) is 0 Å². The summed E-state index contributed by atoms with van der Waals surface area (Å²) in [6.45, 7) is 6.61. The Balaban J connectivity index is 2.28. The van der Waals surface area contributed by atoms with E-state index in [-0.39, 0.29) is 5.60 Å². The van der Waals surface area contributed by atoms with Crippen molar-refractivity contribution in [2.45, 2.75) is 51.2 Å². The van der Waals surface area contributed by atoms with Gasteiger partial charge in [-0.3, -0.25) is 0 Å². The van der Waals surface area contributed by atoms with Crippen molar-refractivity contribution in [1.29, 1.82) is 0 Å². The summed E-state index contributed by atoms with van der Waals surface area (Å²) in [5.74, 6) is 0. The Morgan fingerprint density at radius 3 is 2.93 bits per heavy atom. The van der Waals surface area contributed by atoms with Crippen molar-refractivity contribution < 1.29 is 14.2 Å². The van der Waals surface area contributed by atoms with Crippen LogP contribution in [0, 0.1) is 0 Å². The summed E-state index contributed by atoms with van der Waals surface area (Å²) >= 11 is 0. The molecule has 0 aromatic heterocycles. The first-order valence-corrected chi connectivity index (χ1v) is 5.94. The summed E-state index contributed by atoms with van der Waals surface area (Å²) in [4.78, 5) is 0. The van der Waals surface area contributed by atoms with Crippen molar-refractivity contribution >= 4 is 0 Å². The highest BCUT2D eigenvalue weighted by Crippen LogP contribution is 2.26. The molecule has 0 bridgehead atoms. The van der Waals surface area contributed by atoms with Gasteiger partial charge in [0, 0.05) is 26.7 Å². The summed E-state index contributed by atoms with van der Waals surface area (Å²) in [6, 6.07) is 0. The molecule has 0 aliphatic carbocycles.